The van der Waals surface area contributed by atoms with Crippen LogP contribution in [0.25, 0.3) is 6.08 Å². The van der Waals surface area contributed by atoms with Gasteiger partial charge in [-0.3, -0.25) is 19.8 Å². The summed E-state index contributed by atoms with van der Waals surface area (Å²) < 4.78 is 2.16. The van der Waals surface area contributed by atoms with E-state index < -0.39 is 17.8 Å². The van der Waals surface area contributed by atoms with Crippen molar-refractivity contribution in [3.05, 3.63) is 28.6 Å². The van der Waals surface area contributed by atoms with Gasteiger partial charge in [0, 0.05) is 23.5 Å². The van der Waals surface area contributed by atoms with Crippen LogP contribution in [0.2, 0.25) is 0 Å². The third-order valence-electron chi connectivity index (χ3n) is 5.16. The number of carbonyl (C=O) groups is 3. The van der Waals surface area contributed by atoms with E-state index in [2.05, 4.69) is 23.7 Å². The molecule has 1 aromatic rings. The Bertz CT molecular complexity index is 767. The minimum Gasteiger partial charge on any atom is -0.346 e. The van der Waals surface area contributed by atoms with Gasteiger partial charge in [-0.05, 0) is 58.2 Å². The van der Waals surface area contributed by atoms with E-state index in [0.717, 1.165) is 42.6 Å². The number of hydrogen-bond donors (Lipinski definition) is 1. The van der Waals surface area contributed by atoms with E-state index in [-0.39, 0.29) is 11.6 Å². The molecule has 1 saturated carbocycles. The zero-order valence-electron chi connectivity index (χ0n) is 15.3. The maximum atomic E-state index is 12.8. The molecule has 0 bridgehead atoms. The van der Waals surface area contributed by atoms with Crippen molar-refractivity contribution < 1.29 is 14.4 Å². The van der Waals surface area contributed by atoms with Gasteiger partial charge in [0.15, 0.2) is 0 Å². The summed E-state index contributed by atoms with van der Waals surface area (Å²) in [7, 11) is 0. The molecule has 4 amide bonds. The zero-order chi connectivity index (χ0) is 18.3. The molecule has 0 radical (unpaired) electrons. The maximum absolute atomic E-state index is 12.8. The number of aryl methyl sites for hydroxylation is 1. The van der Waals surface area contributed by atoms with Gasteiger partial charge in [0.1, 0.15) is 5.57 Å². The largest absolute Gasteiger partial charge is 0.346 e. The molecule has 1 N–H and O–H groups in total. The minimum atomic E-state index is -0.612. The van der Waals surface area contributed by atoms with Crippen molar-refractivity contribution in [2.75, 3.05) is 0 Å². The second-order valence-corrected chi connectivity index (χ2v) is 7.22. The van der Waals surface area contributed by atoms with Crippen molar-refractivity contribution in [3.8, 4) is 0 Å². The molecule has 6 nitrogen and oxygen atoms in total. The summed E-state index contributed by atoms with van der Waals surface area (Å²) >= 11 is 0. The highest BCUT2D eigenvalue weighted by Gasteiger charge is 2.40. The van der Waals surface area contributed by atoms with Gasteiger partial charge in [-0.15, -0.1) is 0 Å². The van der Waals surface area contributed by atoms with Crippen molar-refractivity contribution in [3.63, 3.8) is 0 Å². The first-order chi connectivity index (χ1) is 11.8. The molecular weight excluding hydrogens is 318 g/mol. The Labute approximate surface area is 147 Å². The van der Waals surface area contributed by atoms with E-state index in [1.54, 1.807) is 6.08 Å². The first kappa shape index (κ1) is 17.5. The average molecular weight is 343 g/mol. The highest BCUT2D eigenvalue weighted by atomic mass is 16.2. The maximum Gasteiger partial charge on any atom is 0.331 e. The lowest BCUT2D eigenvalue weighted by molar-refractivity contribution is -0.131. The Morgan fingerprint density at radius 2 is 1.80 bits per heavy atom. The lowest BCUT2D eigenvalue weighted by Crippen LogP contribution is -2.57. The van der Waals surface area contributed by atoms with E-state index in [4.69, 9.17) is 0 Å². The molecule has 6 heteroatoms. The summed E-state index contributed by atoms with van der Waals surface area (Å²) in [6.07, 6.45) is 5.24. The number of barbiturate groups is 1. The molecule has 25 heavy (non-hydrogen) atoms. The minimum absolute atomic E-state index is 0.0375. The molecule has 1 aliphatic carbocycles. The van der Waals surface area contributed by atoms with Crippen LogP contribution in [0.15, 0.2) is 11.6 Å². The molecule has 2 fully saturated rings. The molecule has 0 spiro atoms. The standard InChI is InChI=1S/C19H25N3O3/c1-11(2)21-12(3)9-14(13(21)4)10-16-17(23)20-19(25)22(18(16)24)15-7-5-6-8-15/h9-11,15H,5-8H2,1-4H3,(H,20,23,25)/b16-10+. The van der Waals surface area contributed by atoms with Gasteiger partial charge in [-0.25, -0.2) is 4.79 Å². The topological polar surface area (TPSA) is 71.4 Å². The van der Waals surface area contributed by atoms with E-state index in [1.165, 1.54) is 4.90 Å². The first-order valence-electron chi connectivity index (χ1n) is 8.90. The van der Waals surface area contributed by atoms with Crippen molar-refractivity contribution in [2.24, 2.45) is 0 Å². The fraction of sp³-hybridized carbons (Fsp3) is 0.526. The summed E-state index contributed by atoms with van der Waals surface area (Å²) in [6, 6.07) is 1.57. The van der Waals surface area contributed by atoms with Crippen LogP contribution in [0, 0.1) is 13.8 Å². The average Bonchev–Trinajstić information content (AvgIpc) is 3.12. The third kappa shape index (κ3) is 3.01. The molecule has 1 aromatic heterocycles. The van der Waals surface area contributed by atoms with Crippen molar-refractivity contribution >= 4 is 23.9 Å². The number of amides is 4. The predicted octanol–water partition coefficient (Wildman–Crippen LogP) is 3.09. The highest BCUT2D eigenvalue weighted by molar-refractivity contribution is 6.31. The fourth-order valence-electron chi connectivity index (χ4n) is 4.06. The second kappa shape index (κ2) is 6.50. The number of rotatable bonds is 3. The highest BCUT2D eigenvalue weighted by Crippen LogP contribution is 2.28. The van der Waals surface area contributed by atoms with Crippen molar-refractivity contribution in [1.29, 1.82) is 0 Å². The quantitative estimate of drug-likeness (QED) is 0.677. The van der Waals surface area contributed by atoms with Crippen LogP contribution < -0.4 is 5.32 Å². The Balaban J connectivity index is 1.99. The van der Waals surface area contributed by atoms with E-state index in [0.29, 0.717) is 6.04 Å². The molecule has 1 saturated heterocycles. The Morgan fingerprint density at radius 3 is 2.36 bits per heavy atom. The number of imide groups is 2. The number of aromatic nitrogens is 1. The molecule has 0 atom stereocenters. The lowest BCUT2D eigenvalue weighted by Gasteiger charge is -2.31. The molecule has 1 aliphatic heterocycles. The van der Waals surface area contributed by atoms with Crippen molar-refractivity contribution in [1.82, 2.24) is 14.8 Å². The molecule has 0 aromatic carbocycles. The van der Waals surface area contributed by atoms with Gasteiger partial charge >= 0.3 is 6.03 Å². The van der Waals surface area contributed by atoms with Gasteiger partial charge in [-0.2, -0.15) is 0 Å². The summed E-state index contributed by atoms with van der Waals surface area (Å²) in [5.74, 6) is -1.09. The van der Waals surface area contributed by atoms with E-state index in [9.17, 15) is 14.4 Å². The van der Waals surface area contributed by atoms with Crippen LogP contribution in [-0.2, 0) is 9.59 Å². The predicted molar refractivity (Wildman–Crippen MR) is 94.9 cm³/mol. The molecule has 0 unspecified atom stereocenters. The Morgan fingerprint density at radius 1 is 1.16 bits per heavy atom. The van der Waals surface area contributed by atoms with Crippen LogP contribution in [0.1, 0.15) is 62.5 Å². The van der Waals surface area contributed by atoms with E-state index in [1.807, 2.05) is 19.9 Å². The Kier molecular flexibility index (Phi) is 4.54. The Hall–Kier alpha value is -2.37. The van der Waals surface area contributed by atoms with Gasteiger partial charge in [0.25, 0.3) is 11.8 Å². The molecular formula is C19H25N3O3. The number of hydrogen-bond acceptors (Lipinski definition) is 3. The second-order valence-electron chi connectivity index (χ2n) is 7.22. The smallest absolute Gasteiger partial charge is 0.331 e. The van der Waals surface area contributed by atoms with E-state index >= 15 is 0 Å². The molecule has 134 valence electrons. The normalized spacial score (nSPS) is 20.9. The fourth-order valence-corrected chi connectivity index (χ4v) is 4.06. The van der Waals surface area contributed by atoms with Gasteiger partial charge in [0.05, 0.1) is 0 Å². The number of nitrogens with one attached hydrogen (secondary N) is 1. The van der Waals surface area contributed by atoms with Crippen molar-refractivity contribution in [2.45, 2.75) is 65.5 Å². The van der Waals surface area contributed by atoms with Gasteiger partial charge < -0.3 is 4.57 Å². The van der Waals surface area contributed by atoms with Gasteiger partial charge in [0.2, 0.25) is 0 Å². The third-order valence-corrected chi connectivity index (χ3v) is 5.16. The zero-order valence-corrected chi connectivity index (χ0v) is 15.3. The number of urea groups is 1. The van der Waals surface area contributed by atoms with Crippen LogP contribution >= 0.6 is 0 Å². The summed E-state index contributed by atoms with van der Waals surface area (Å²) in [6.45, 7) is 8.17. The number of carbonyl (C=O) groups excluding carboxylic acids is 3. The number of nitrogens with zero attached hydrogens (tertiary/aromatic N) is 2. The van der Waals surface area contributed by atoms with Crippen LogP contribution in [0.5, 0.6) is 0 Å². The lowest BCUT2D eigenvalue weighted by atomic mass is 10.1. The molecule has 2 aliphatic rings. The molecule has 3 rings (SSSR count). The molecule has 2 heterocycles. The van der Waals surface area contributed by atoms with Crippen LogP contribution in [-0.4, -0.2) is 33.4 Å². The SMILES string of the molecule is Cc1cc(/C=C2\C(=O)NC(=O)N(C3CCCC3)C2=O)c(C)n1C(C)C. The summed E-state index contributed by atoms with van der Waals surface area (Å²) in [5, 5.41) is 2.32. The monoisotopic (exact) mass is 343 g/mol. The van der Waals surface area contributed by atoms with Gasteiger partial charge in [-0.1, -0.05) is 12.8 Å². The first-order valence-corrected chi connectivity index (χ1v) is 8.90. The van der Waals surface area contributed by atoms with Crippen LogP contribution in [0.4, 0.5) is 4.79 Å². The summed E-state index contributed by atoms with van der Waals surface area (Å²) in [5.41, 5.74) is 2.96. The summed E-state index contributed by atoms with van der Waals surface area (Å²) in [4.78, 5) is 38.5. The van der Waals surface area contributed by atoms with Crippen LogP contribution in [0.3, 0.4) is 0 Å².